The molecule has 0 spiro atoms. The van der Waals surface area contributed by atoms with Gasteiger partial charge >= 0.3 is 11.9 Å². The Kier molecular flexibility index (Phi) is 4.65. The lowest BCUT2D eigenvalue weighted by Gasteiger charge is -2.20. The van der Waals surface area contributed by atoms with Crippen molar-refractivity contribution in [3.63, 3.8) is 0 Å². The van der Waals surface area contributed by atoms with Crippen LogP contribution < -0.4 is 5.32 Å². The summed E-state index contributed by atoms with van der Waals surface area (Å²) in [5, 5.41) is 20.7. The number of pyridine rings is 1. The number of hydrogen-bond donors (Lipinski definition) is 3. The Morgan fingerprint density at radius 3 is 2.56 bits per heavy atom. The first-order valence-electron chi connectivity index (χ1n) is 5.65. The van der Waals surface area contributed by atoms with E-state index in [1.54, 1.807) is 6.07 Å². The van der Waals surface area contributed by atoms with Crippen LogP contribution >= 0.6 is 0 Å². The van der Waals surface area contributed by atoms with Gasteiger partial charge in [-0.3, -0.25) is 0 Å². The zero-order valence-corrected chi connectivity index (χ0v) is 10.3. The Bertz CT molecular complexity index is 447. The first-order chi connectivity index (χ1) is 8.45. The highest BCUT2D eigenvalue weighted by Gasteiger charge is 2.23. The Labute approximate surface area is 105 Å². The summed E-state index contributed by atoms with van der Waals surface area (Å²) >= 11 is 0. The summed E-state index contributed by atoms with van der Waals surface area (Å²) in [7, 11) is 0. The molecular weight excluding hydrogens is 236 g/mol. The van der Waals surface area contributed by atoms with E-state index in [-0.39, 0.29) is 17.4 Å². The maximum Gasteiger partial charge on any atom is 0.354 e. The Morgan fingerprint density at radius 1 is 1.39 bits per heavy atom. The quantitative estimate of drug-likeness (QED) is 0.712. The number of aromatic nitrogens is 1. The number of aromatic carboxylic acids is 1. The fourth-order valence-electron chi connectivity index (χ4n) is 1.48. The second-order valence-corrected chi connectivity index (χ2v) is 4.06. The zero-order valence-electron chi connectivity index (χ0n) is 10.3. The van der Waals surface area contributed by atoms with E-state index in [1.807, 2.05) is 13.8 Å². The molecule has 0 saturated heterocycles. The van der Waals surface area contributed by atoms with Gasteiger partial charge in [0.05, 0.1) is 0 Å². The molecule has 0 aliphatic rings. The molecular formula is C12H16N2O4. The predicted molar refractivity (Wildman–Crippen MR) is 65.7 cm³/mol. The monoisotopic (exact) mass is 252 g/mol. The standard InChI is InChI=1S/C12H16N2O4/c1-3-7(2)10(12(17)18)14-9-6-4-5-8(13-9)11(15)16/h4-7,10H,3H2,1-2H3,(H,13,14)(H,15,16)(H,17,18)/t7-,10-/m0/s1. The van der Waals surface area contributed by atoms with Gasteiger partial charge < -0.3 is 15.5 Å². The van der Waals surface area contributed by atoms with Crippen LogP contribution in [0, 0.1) is 5.92 Å². The summed E-state index contributed by atoms with van der Waals surface area (Å²) in [6.45, 7) is 3.70. The van der Waals surface area contributed by atoms with Crippen molar-refractivity contribution in [3.8, 4) is 0 Å². The molecule has 0 aromatic carbocycles. The van der Waals surface area contributed by atoms with E-state index in [0.717, 1.165) is 0 Å². The molecule has 0 bridgehead atoms. The maximum atomic E-state index is 11.1. The van der Waals surface area contributed by atoms with Crippen LogP contribution in [0.1, 0.15) is 30.8 Å². The third kappa shape index (κ3) is 3.44. The minimum absolute atomic E-state index is 0.0854. The molecule has 0 fully saturated rings. The van der Waals surface area contributed by atoms with Gasteiger partial charge in [0.25, 0.3) is 0 Å². The molecule has 1 rings (SSSR count). The lowest BCUT2D eigenvalue weighted by Crippen LogP contribution is -2.35. The van der Waals surface area contributed by atoms with Crippen molar-refractivity contribution in [1.29, 1.82) is 0 Å². The van der Waals surface area contributed by atoms with Crippen molar-refractivity contribution in [1.82, 2.24) is 4.98 Å². The predicted octanol–water partition coefficient (Wildman–Crippen LogP) is 1.69. The maximum absolute atomic E-state index is 11.1. The topological polar surface area (TPSA) is 99.5 Å². The van der Waals surface area contributed by atoms with Gasteiger partial charge in [0, 0.05) is 0 Å². The average molecular weight is 252 g/mol. The van der Waals surface area contributed by atoms with Gasteiger partial charge in [-0.15, -0.1) is 0 Å². The normalized spacial score (nSPS) is 13.7. The highest BCUT2D eigenvalue weighted by atomic mass is 16.4. The number of anilines is 1. The lowest BCUT2D eigenvalue weighted by molar-refractivity contribution is -0.139. The van der Waals surface area contributed by atoms with Crippen LogP contribution in [0.4, 0.5) is 5.82 Å². The lowest BCUT2D eigenvalue weighted by atomic mass is 9.99. The average Bonchev–Trinajstić information content (AvgIpc) is 2.35. The van der Waals surface area contributed by atoms with Gasteiger partial charge in [-0.25, -0.2) is 14.6 Å². The van der Waals surface area contributed by atoms with Crippen LogP contribution in [-0.2, 0) is 4.79 Å². The number of aliphatic carboxylic acids is 1. The molecule has 0 aliphatic carbocycles. The van der Waals surface area contributed by atoms with Crippen molar-refractivity contribution in [3.05, 3.63) is 23.9 Å². The van der Waals surface area contributed by atoms with Gasteiger partial charge in [-0.1, -0.05) is 26.3 Å². The van der Waals surface area contributed by atoms with Crippen molar-refractivity contribution < 1.29 is 19.8 Å². The molecule has 0 unspecified atom stereocenters. The van der Waals surface area contributed by atoms with E-state index in [1.165, 1.54) is 12.1 Å². The molecule has 0 saturated carbocycles. The number of carbonyl (C=O) groups is 2. The van der Waals surface area contributed by atoms with E-state index in [0.29, 0.717) is 6.42 Å². The van der Waals surface area contributed by atoms with E-state index >= 15 is 0 Å². The van der Waals surface area contributed by atoms with Crippen LogP contribution in [0.25, 0.3) is 0 Å². The molecule has 0 amide bonds. The highest BCUT2D eigenvalue weighted by Crippen LogP contribution is 2.14. The van der Waals surface area contributed by atoms with Crippen molar-refractivity contribution in [2.75, 3.05) is 5.32 Å². The summed E-state index contributed by atoms with van der Waals surface area (Å²) in [6.07, 6.45) is 0.697. The highest BCUT2D eigenvalue weighted by molar-refractivity contribution is 5.86. The molecule has 0 aliphatic heterocycles. The second-order valence-electron chi connectivity index (χ2n) is 4.06. The van der Waals surface area contributed by atoms with E-state index in [9.17, 15) is 9.59 Å². The first kappa shape index (κ1) is 14.0. The molecule has 1 aromatic rings. The fraction of sp³-hybridized carbons (Fsp3) is 0.417. The van der Waals surface area contributed by atoms with Gasteiger partial charge in [-0.05, 0) is 18.1 Å². The third-order valence-electron chi connectivity index (χ3n) is 2.75. The molecule has 1 aromatic heterocycles. The minimum Gasteiger partial charge on any atom is -0.480 e. The van der Waals surface area contributed by atoms with Gasteiger partial charge in [0.15, 0.2) is 5.69 Å². The van der Waals surface area contributed by atoms with Crippen LogP contribution in [-0.4, -0.2) is 33.2 Å². The molecule has 98 valence electrons. The smallest absolute Gasteiger partial charge is 0.354 e. The van der Waals surface area contributed by atoms with Gasteiger partial charge in [-0.2, -0.15) is 0 Å². The molecule has 0 radical (unpaired) electrons. The van der Waals surface area contributed by atoms with Crippen LogP contribution in [0.2, 0.25) is 0 Å². The number of nitrogens with one attached hydrogen (secondary N) is 1. The number of carboxylic acid groups (broad SMARTS) is 2. The first-order valence-corrected chi connectivity index (χ1v) is 5.65. The number of nitrogens with zero attached hydrogens (tertiary/aromatic N) is 1. The summed E-state index contributed by atoms with van der Waals surface area (Å²) in [5.74, 6) is -1.96. The molecule has 2 atom stereocenters. The summed E-state index contributed by atoms with van der Waals surface area (Å²) in [5.41, 5.74) is -0.117. The second kappa shape index (κ2) is 6.00. The van der Waals surface area contributed by atoms with Crippen molar-refractivity contribution in [2.24, 2.45) is 5.92 Å². The van der Waals surface area contributed by atoms with E-state index in [2.05, 4.69) is 10.3 Å². The number of carboxylic acids is 2. The van der Waals surface area contributed by atoms with E-state index in [4.69, 9.17) is 10.2 Å². The number of rotatable bonds is 6. The molecule has 3 N–H and O–H groups in total. The zero-order chi connectivity index (χ0) is 13.7. The fourth-order valence-corrected chi connectivity index (χ4v) is 1.48. The van der Waals surface area contributed by atoms with Crippen LogP contribution in [0.5, 0.6) is 0 Å². The summed E-state index contributed by atoms with van der Waals surface area (Å²) in [4.78, 5) is 25.7. The van der Waals surface area contributed by atoms with E-state index < -0.39 is 18.0 Å². The summed E-state index contributed by atoms with van der Waals surface area (Å²) < 4.78 is 0. The minimum atomic E-state index is -1.14. The molecule has 6 nitrogen and oxygen atoms in total. The van der Waals surface area contributed by atoms with Crippen LogP contribution in [0.15, 0.2) is 18.2 Å². The van der Waals surface area contributed by atoms with Crippen molar-refractivity contribution >= 4 is 17.8 Å². The third-order valence-corrected chi connectivity index (χ3v) is 2.75. The summed E-state index contributed by atoms with van der Waals surface area (Å²) in [6, 6.07) is 3.64. The SMILES string of the molecule is CC[C@H](C)[C@H](Nc1cccc(C(=O)O)n1)C(=O)O. The largest absolute Gasteiger partial charge is 0.480 e. The molecule has 1 heterocycles. The Hall–Kier alpha value is -2.11. The van der Waals surface area contributed by atoms with Gasteiger partial charge in [0.2, 0.25) is 0 Å². The van der Waals surface area contributed by atoms with Gasteiger partial charge in [0.1, 0.15) is 11.9 Å². The van der Waals surface area contributed by atoms with Crippen LogP contribution in [0.3, 0.4) is 0 Å². The Balaban J connectivity index is 2.90. The number of hydrogen-bond acceptors (Lipinski definition) is 4. The Morgan fingerprint density at radius 2 is 2.06 bits per heavy atom. The van der Waals surface area contributed by atoms with Crippen molar-refractivity contribution in [2.45, 2.75) is 26.3 Å². The molecule has 18 heavy (non-hydrogen) atoms. The molecule has 6 heteroatoms.